The van der Waals surface area contributed by atoms with E-state index in [9.17, 15) is 5.11 Å². The Kier molecular flexibility index (Phi) is 3.26. The largest absolute Gasteiger partial charge is 0.380 e. The summed E-state index contributed by atoms with van der Waals surface area (Å²) in [5.74, 6) is 0. The van der Waals surface area contributed by atoms with Gasteiger partial charge >= 0.3 is 0 Å². The summed E-state index contributed by atoms with van der Waals surface area (Å²) in [7, 11) is 0. The van der Waals surface area contributed by atoms with E-state index >= 15 is 0 Å². The summed E-state index contributed by atoms with van der Waals surface area (Å²) in [6.45, 7) is 2.87. The number of hydrogen-bond acceptors (Lipinski definition) is 4. The van der Waals surface area contributed by atoms with Crippen LogP contribution < -0.4 is 0 Å². The first-order valence-corrected chi connectivity index (χ1v) is 5.28. The second-order valence-electron chi connectivity index (χ2n) is 3.52. The van der Waals surface area contributed by atoms with Gasteiger partial charge in [-0.15, -0.1) is 0 Å². The number of aliphatic hydroxyl groups is 1. The Morgan fingerprint density at radius 3 is 2.94 bits per heavy atom. The summed E-state index contributed by atoms with van der Waals surface area (Å²) in [4.78, 5) is 7.86. The average Bonchev–Trinajstić information content (AvgIpc) is 2.78. The molecule has 0 aliphatic heterocycles. The molecule has 0 aromatic carbocycles. The summed E-state index contributed by atoms with van der Waals surface area (Å²) in [5, 5.41) is 14.3. The van der Waals surface area contributed by atoms with E-state index in [0.29, 0.717) is 5.69 Å². The van der Waals surface area contributed by atoms with Gasteiger partial charge in [-0.25, -0.2) is 9.97 Å². The van der Waals surface area contributed by atoms with E-state index in [1.807, 2.05) is 6.07 Å². The summed E-state index contributed by atoms with van der Waals surface area (Å²) in [5.41, 5.74) is 1.36. The second kappa shape index (κ2) is 4.85. The van der Waals surface area contributed by atoms with Gasteiger partial charge in [0.2, 0.25) is 0 Å². The van der Waals surface area contributed by atoms with Crippen molar-refractivity contribution >= 4 is 0 Å². The Labute approximate surface area is 93.8 Å². The molecule has 2 heterocycles. The van der Waals surface area contributed by atoms with Crippen molar-refractivity contribution in [2.45, 2.75) is 26.0 Å². The van der Waals surface area contributed by atoms with Crippen LogP contribution in [-0.2, 0) is 6.54 Å². The standard InChI is InChI=1S/C11H14N4O/c1-2-7-15-10(4-6-14-15)11(16)9-3-5-12-8-13-9/h3-6,8,11,16H,2,7H2,1H3. The number of rotatable bonds is 4. The van der Waals surface area contributed by atoms with Gasteiger partial charge in [0.05, 0.1) is 11.4 Å². The summed E-state index contributed by atoms with van der Waals surface area (Å²) < 4.78 is 1.80. The van der Waals surface area contributed by atoms with Gasteiger partial charge in [-0.2, -0.15) is 5.10 Å². The minimum absolute atomic E-state index is 0.591. The lowest BCUT2D eigenvalue weighted by Crippen LogP contribution is -2.11. The third-order valence-electron chi connectivity index (χ3n) is 2.35. The Morgan fingerprint density at radius 2 is 2.25 bits per heavy atom. The molecule has 0 radical (unpaired) electrons. The highest BCUT2D eigenvalue weighted by Crippen LogP contribution is 2.19. The van der Waals surface area contributed by atoms with Crippen molar-refractivity contribution in [3.63, 3.8) is 0 Å². The molecule has 2 aromatic heterocycles. The van der Waals surface area contributed by atoms with Crippen LogP contribution in [0.15, 0.2) is 30.9 Å². The molecule has 2 rings (SSSR count). The predicted octanol–water partition coefficient (Wildman–Crippen LogP) is 1.16. The van der Waals surface area contributed by atoms with Crippen LogP contribution in [0.2, 0.25) is 0 Å². The second-order valence-corrected chi connectivity index (χ2v) is 3.52. The normalized spacial score (nSPS) is 12.6. The van der Waals surface area contributed by atoms with E-state index in [2.05, 4.69) is 22.0 Å². The number of nitrogens with zero attached hydrogens (tertiary/aromatic N) is 4. The van der Waals surface area contributed by atoms with Crippen molar-refractivity contribution < 1.29 is 5.11 Å². The molecule has 0 aliphatic carbocycles. The molecule has 0 saturated carbocycles. The van der Waals surface area contributed by atoms with Gasteiger partial charge in [0, 0.05) is 18.9 Å². The summed E-state index contributed by atoms with van der Waals surface area (Å²) >= 11 is 0. The Morgan fingerprint density at radius 1 is 1.38 bits per heavy atom. The molecule has 1 atom stereocenters. The lowest BCUT2D eigenvalue weighted by atomic mass is 10.2. The van der Waals surface area contributed by atoms with Gasteiger partial charge < -0.3 is 5.11 Å². The molecule has 0 aliphatic rings. The topological polar surface area (TPSA) is 63.8 Å². The third kappa shape index (κ3) is 2.09. The average molecular weight is 218 g/mol. The molecule has 2 aromatic rings. The zero-order valence-electron chi connectivity index (χ0n) is 9.11. The van der Waals surface area contributed by atoms with Gasteiger partial charge in [-0.05, 0) is 18.6 Å². The maximum Gasteiger partial charge on any atom is 0.138 e. The highest BCUT2D eigenvalue weighted by atomic mass is 16.3. The van der Waals surface area contributed by atoms with Crippen LogP contribution in [0.4, 0.5) is 0 Å². The molecule has 1 N–H and O–H groups in total. The number of hydrogen-bond donors (Lipinski definition) is 1. The highest BCUT2D eigenvalue weighted by molar-refractivity contribution is 5.17. The van der Waals surface area contributed by atoms with Crippen LogP contribution in [0.3, 0.4) is 0 Å². The van der Waals surface area contributed by atoms with Crippen molar-refractivity contribution in [2.75, 3.05) is 0 Å². The summed E-state index contributed by atoms with van der Waals surface area (Å²) in [6, 6.07) is 3.51. The summed E-state index contributed by atoms with van der Waals surface area (Å²) in [6.07, 6.45) is 4.98. The fourth-order valence-corrected chi connectivity index (χ4v) is 1.59. The molecule has 1 unspecified atom stereocenters. The Hall–Kier alpha value is -1.75. The Bertz CT molecular complexity index is 440. The SMILES string of the molecule is CCCn1nccc1C(O)c1ccncn1. The van der Waals surface area contributed by atoms with Crippen LogP contribution >= 0.6 is 0 Å². The van der Waals surface area contributed by atoms with E-state index in [-0.39, 0.29) is 0 Å². The molecule has 5 nitrogen and oxygen atoms in total. The molecule has 0 saturated heterocycles. The van der Waals surface area contributed by atoms with Crippen LogP contribution in [0.25, 0.3) is 0 Å². The lowest BCUT2D eigenvalue weighted by Gasteiger charge is -2.11. The fourth-order valence-electron chi connectivity index (χ4n) is 1.59. The molecule has 0 fully saturated rings. The first-order valence-electron chi connectivity index (χ1n) is 5.28. The van der Waals surface area contributed by atoms with Gasteiger partial charge in [0.25, 0.3) is 0 Å². The molecule has 84 valence electrons. The van der Waals surface area contributed by atoms with Crippen LogP contribution in [-0.4, -0.2) is 24.9 Å². The zero-order valence-corrected chi connectivity index (χ0v) is 9.11. The molecule has 0 amide bonds. The van der Waals surface area contributed by atoms with E-state index in [1.165, 1.54) is 6.33 Å². The molecular formula is C11H14N4O. The van der Waals surface area contributed by atoms with Gasteiger partial charge in [0.1, 0.15) is 12.4 Å². The smallest absolute Gasteiger partial charge is 0.138 e. The van der Waals surface area contributed by atoms with Crippen molar-refractivity contribution in [3.8, 4) is 0 Å². The van der Waals surface area contributed by atoms with E-state index in [0.717, 1.165) is 18.7 Å². The Balaban J connectivity index is 2.27. The molecule has 0 spiro atoms. The molecular weight excluding hydrogens is 204 g/mol. The van der Waals surface area contributed by atoms with Crippen molar-refractivity contribution in [1.29, 1.82) is 0 Å². The predicted molar refractivity (Wildman–Crippen MR) is 58.6 cm³/mol. The first kappa shape index (κ1) is 10.8. The van der Waals surface area contributed by atoms with Crippen LogP contribution in [0, 0.1) is 0 Å². The van der Waals surface area contributed by atoms with Crippen LogP contribution in [0.5, 0.6) is 0 Å². The first-order chi connectivity index (χ1) is 7.83. The molecule has 0 bridgehead atoms. The highest BCUT2D eigenvalue weighted by Gasteiger charge is 2.15. The van der Waals surface area contributed by atoms with Gasteiger partial charge in [-0.3, -0.25) is 4.68 Å². The lowest BCUT2D eigenvalue weighted by molar-refractivity contribution is 0.202. The zero-order chi connectivity index (χ0) is 11.4. The van der Waals surface area contributed by atoms with E-state index < -0.39 is 6.10 Å². The van der Waals surface area contributed by atoms with Gasteiger partial charge in [-0.1, -0.05) is 6.92 Å². The number of aryl methyl sites for hydroxylation is 1. The number of aliphatic hydroxyl groups excluding tert-OH is 1. The third-order valence-corrected chi connectivity index (χ3v) is 2.35. The number of aromatic nitrogens is 4. The maximum absolute atomic E-state index is 10.1. The van der Waals surface area contributed by atoms with Crippen LogP contribution in [0.1, 0.15) is 30.8 Å². The van der Waals surface area contributed by atoms with E-state index in [1.54, 1.807) is 23.1 Å². The minimum atomic E-state index is -0.739. The van der Waals surface area contributed by atoms with E-state index in [4.69, 9.17) is 0 Å². The maximum atomic E-state index is 10.1. The monoisotopic (exact) mass is 218 g/mol. The van der Waals surface area contributed by atoms with Crippen molar-refractivity contribution in [3.05, 3.63) is 42.2 Å². The minimum Gasteiger partial charge on any atom is -0.380 e. The molecule has 16 heavy (non-hydrogen) atoms. The molecule has 5 heteroatoms. The van der Waals surface area contributed by atoms with Gasteiger partial charge in [0.15, 0.2) is 0 Å². The fraction of sp³-hybridized carbons (Fsp3) is 0.364. The quantitative estimate of drug-likeness (QED) is 0.836. The van der Waals surface area contributed by atoms with Crippen molar-refractivity contribution in [1.82, 2.24) is 19.7 Å². The van der Waals surface area contributed by atoms with Crippen molar-refractivity contribution in [2.24, 2.45) is 0 Å².